The Morgan fingerprint density at radius 2 is 2.08 bits per heavy atom. The van der Waals surface area contributed by atoms with Crippen LogP contribution in [0.5, 0.6) is 0 Å². The van der Waals surface area contributed by atoms with Crippen molar-refractivity contribution in [2.24, 2.45) is 0 Å². The summed E-state index contributed by atoms with van der Waals surface area (Å²) in [5, 5.41) is 3.60. The lowest BCUT2D eigenvalue weighted by atomic mass is 10.1. The van der Waals surface area contributed by atoms with Gasteiger partial charge in [-0.05, 0) is 60.9 Å². The van der Waals surface area contributed by atoms with E-state index in [-0.39, 0.29) is 6.09 Å². The summed E-state index contributed by atoms with van der Waals surface area (Å²) < 4.78 is 7.33. The Balaban J connectivity index is 0.00000151. The van der Waals surface area contributed by atoms with Gasteiger partial charge in [-0.15, -0.1) is 0 Å². The zero-order chi connectivity index (χ0) is 19.0. The molecule has 0 aromatic carbocycles. The fourth-order valence-electron chi connectivity index (χ4n) is 2.90. The van der Waals surface area contributed by atoms with Crippen LogP contribution in [0.3, 0.4) is 0 Å². The van der Waals surface area contributed by atoms with E-state index < -0.39 is 5.60 Å². The Bertz CT molecular complexity index is 508. The first kappa shape index (κ1) is 21.9. The van der Waals surface area contributed by atoms with E-state index in [1.54, 1.807) is 0 Å². The lowest BCUT2D eigenvalue weighted by molar-refractivity contribution is 0.0325. The average Bonchev–Trinajstić information content (AvgIpc) is 2.83. The van der Waals surface area contributed by atoms with Crippen molar-refractivity contribution in [3.05, 3.63) is 36.5 Å². The van der Waals surface area contributed by atoms with E-state index in [0.717, 1.165) is 32.0 Å². The van der Waals surface area contributed by atoms with Crippen LogP contribution in [0.1, 0.15) is 53.9 Å². The molecule has 1 N–H and O–H groups in total. The number of carbonyl (C=O) groups is 1. The number of ether oxygens (including phenoxy) is 1. The average molecular weight is 366 g/mol. The monoisotopic (exact) mass is 366 g/mol. The number of rotatable bonds is 5. The highest BCUT2D eigenvalue weighted by atomic mass is 31.1. The summed E-state index contributed by atoms with van der Waals surface area (Å²) >= 11 is 0. The first-order valence-electron chi connectivity index (χ1n) is 9.29. The molecule has 25 heavy (non-hydrogen) atoms. The number of nitrogens with one attached hydrogen (secondary N) is 1. The van der Waals surface area contributed by atoms with Crippen LogP contribution in [-0.2, 0) is 4.74 Å². The Kier molecular flexibility index (Phi) is 8.88. The van der Waals surface area contributed by atoms with Crippen LogP contribution >= 0.6 is 8.73 Å². The Labute approximate surface area is 155 Å². The number of carbonyl (C=O) groups excluding carboxylic acids is 1. The molecule has 2 aliphatic rings. The summed E-state index contributed by atoms with van der Waals surface area (Å²) in [7, 11) is 0.566. The van der Waals surface area contributed by atoms with Crippen LogP contribution in [0.2, 0.25) is 0 Å². The maximum absolute atomic E-state index is 12.1. The van der Waals surface area contributed by atoms with Crippen LogP contribution < -0.4 is 5.32 Å². The molecule has 0 aromatic heterocycles. The fourth-order valence-corrected chi connectivity index (χ4v) is 4.04. The zero-order valence-electron chi connectivity index (χ0n) is 16.5. The fraction of sp³-hybridized carbons (Fsp3) is 0.650. The van der Waals surface area contributed by atoms with Gasteiger partial charge in [-0.1, -0.05) is 44.7 Å². The molecular formula is C20H35N2O2P. The third-order valence-electron chi connectivity index (χ3n) is 4.10. The van der Waals surface area contributed by atoms with Gasteiger partial charge in [0.15, 0.2) is 0 Å². The summed E-state index contributed by atoms with van der Waals surface area (Å²) in [6, 6.07) is 0.787. The molecule has 5 heteroatoms. The first-order chi connectivity index (χ1) is 11.8. The van der Waals surface area contributed by atoms with E-state index in [0.29, 0.717) is 20.8 Å². The van der Waals surface area contributed by atoms with Crippen LogP contribution in [0.25, 0.3) is 0 Å². The van der Waals surface area contributed by atoms with Crippen LogP contribution in [0.15, 0.2) is 36.5 Å². The van der Waals surface area contributed by atoms with Gasteiger partial charge in [0.25, 0.3) is 0 Å². The molecule has 2 fully saturated rings. The predicted octanol–water partition coefficient (Wildman–Crippen LogP) is 5.04. The van der Waals surface area contributed by atoms with Crippen molar-refractivity contribution in [2.45, 2.75) is 71.6 Å². The van der Waals surface area contributed by atoms with Gasteiger partial charge in [0.2, 0.25) is 0 Å². The molecule has 0 bridgehead atoms. The van der Waals surface area contributed by atoms with Crippen molar-refractivity contribution in [3.8, 4) is 0 Å². The van der Waals surface area contributed by atoms with Crippen molar-refractivity contribution >= 4 is 14.8 Å². The lowest BCUT2D eigenvalue weighted by Crippen LogP contribution is -2.47. The van der Waals surface area contributed by atoms with Crippen LogP contribution in [0.4, 0.5) is 4.79 Å². The molecular weight excluding hydrogens is 331 g/mol. The Morgan fingerprint density at radius 3 is 2.60 bits per heavy atom. The van der Waals surface area contributed by atoms with Gasteiger partial charge in [-0.25, -0.2) is 4.79 Å². The normalized spacial score (nSPS) is 25.4. The highest BCUT2D eigenvalue weighted by Crippen LogP contribution is 2.38. The van der Waals surface area contributed by atoms with Crippen molar-refractivity contribution in [1.82, 2.24) is 9.99 Å². The van der Waals surface area contributed by atoms with E-state index in [1.807, 2.05) is 45.4 Å². The van der Waals surface area contributed by atoms with Gasteiger partial charge in [0, 0.05) is 18.2 Å². The number of hydrogen-bond acceptors (Lipinski definition) is 3. The van der Waals surface area contributed by atoms with Gasteiger partial charge in [0.05, 0.1) is 0 Å². The largest absolute Gasteiger partial charge is 0.443 e. The Morgan fingerprint density at radius 1 is 1.40 bits per heavy atom. The highest BCUT2D eigenvalue weighted by Gasteiger charge is 2.35. The number of hydrogen-bond donors (Lipinski definition) is 1. The van der Waals surface area contributed by atoms with Gasteiger partial charge in [-0.3, -0.25) is 4.67 Å². The Hall–Kier alpha value is -1.12. The number of allylic oxidation sites excluding steroid dienone is 2. The lowest BCUT2D eigenvalue weighted by Gasteiger charge is -2.41. The molecule has 1 amide bonds. The van der Waals surface area contributed by atoms with Crippen molar-refractivity contribution < 1.29 is 9.53 Å². The van der Waals surface area contributed by atoms with Crippen LogP contribution in [0, 0.1) is 0 Å². The second kappa shape index (κ2) is 10.1. The van der Waals surface area contributed by atoms with Crippen molar-refractivity contribution in [3.63, 3.8) is 0 Å². The summed E-state index contributed by atoms with van der Waals surface area (Å²) in [5.74, 6) is 0. The van der Waals surface area contributed by atoms with Gasteiger partial charge < -0.3 is 10.1 Å². The smallest absolute Gasteiger partial charge is 0.413 e. The standard InChI is InChI=1S/C18H29N2O2P.C2H6/c1-6-7-14-11-15(10-13(14)2)19-9-8-16-12-23-20(16)17(21)22-18(3,4)5;1-2/h6-7,15-16,19,23H,1-2,8-12H2,3-5H3;1-2H3/b14-7-;. The zero-order valence-corrected chi connectivity index (χ0v) is 17.5. The van der Waals surface area contributed by atoms with E-state index in [4.69, 9.17) is 4.74 Å². The van der Waals surface area contributed by atoms with Gasteiger partial charge in [0.1, 0.15) is 5.60 Å². The molecule has 0 aromatic rings. The van der Waals surface area contributed by atoms with E-state index >= 15 is 0 Å². The summed E-state index contributed by atoms with van der Waals surface area (Å²) in [6.45, 7) is 18.5. The molecule has 1 aliphatic heterocycles. The third kappa shape index (κ3) is 6.95. The summed E-state index contributed by atoms with van der Waals surface area (Å²) in [5.41, 5.74) is 2.10. The molecule has 0 radical (unpaired) electrons. The van der Waals surface area contributed by atoms with Gasteiger partial charge >= 0.3 is 6.09 Å². The molecule has 142 valence electrons. The number of nitrogens with zero attached hydrogens (tertiary/aromatic N) is 1. The minimum absolute atomic E-state index is 0.169. The maximum Gasteiger partial charge on any atom is 0.413 e. The third-order valence-corrected chi connectivity index (χ3v) is 5.64. The SMILES string of the molecule is C=C/C=C1/CC(NCCC2CPN2C(=O)OC(C)(C)C)CC1=C.CC. The number of amides is 1. The topological polar surface area (TPSA) is 41.6 Å². The molecule has 3 unspecified atom stereocenters. The summed E-state index contributed by atoms with van der Waals surface area (Å²) in [6.07, 6.45) is 7.82. The predicted molar refractivity (Wildman–Crippen MR) is 109 cm³/mol. The molecule has 3 atom stereocenters. The second-order valence-electron chi connectivity index (χ2n) is 7.25. The van der Waals surface area contributed by atoms with Gasteiger partial charge in [-0.2, -0.15) is 0 Å². The molecule has 1 heterocycles. The molecule has 2 rings (SSSR count). The molecule has 1 saturated heterocycles. The molecule has 1 saturated carbocycles. The first-order valence-corrected chi connectivity index (χ1v) is 10.4. The van der Waals surface area contributed by atoms with Crippen LogP contribution in [-0.4, -0.2) is 41.2 Å². The molecule has 0 spiro atoms. The van der Waals surface area contributed by atoms with E-state index in [2.05, 4.69) is 24.6 Å². The maximum atomic E-state index is 12.1. The molecule has 1 aliphatic carbocycles. The van der Waals surface area contributed by atoms with Crippen molar-refractivity contribution in [1.29, 1.82) is 0 Å². The second-order valence-corrected chi connectivity index (χ2v) is 8.45. The quantitative estimate of drug-likeness (QED) is 0.693. The highest BCUT2D eigenvalue weighted by molar-refractivity contribution is 7.38. The molecule has 4 nitrogen and oxygen atoms in total. The summed E-state index contributed by atoms with van der Waals surface area (Å²) in [4.78, 5) is 12.1. The minimum atomic E-state index is -0.419. The van der Waals surface area contributed by atoms with E-state index in [1.165, 1.54) is 11.1 Å². The van der Waals surface area contributed by atoms with E-state index in [9.17, 15) is 4.79 Å². The minimum Gasteiger partial charge on any atom is -0.443 e. The van der Waals surface area contributed by atoms with Crippen molar-refractivity contribution in [2.75, 3.05) is 12.7 Å².